The van der Waals surface area contributed by atoms with Gasteiger partial charge in [0.25, 0.3) is 0 Å². The van der Waals surface area contributed by atoms with E-state index in [1.165, 1.54) is 57.8 Å². The van der Waals surface area contributed by atoms with Crippen LogP contribution < -0.4 is 0 Å². The first kappa shape index (κ1) is 76.8. The highest BCUT2D eigenvalue weighted by molar-refractivity contribution is 5.71. The van der Waals surface area contributed by atoms with Crippen molar-refractivity contribution in [2.75, 3.05) is 13.2 Å². The molecule has 6 nitrogen and oxygen atoms in total. The molecule has 0 spiro atoms. The number of ether oxygens (including phenoxy) is 3. The minimum Gasteiger partial charge on any atom is -0.462 e. The molecule has 0 aromatic rings. The molecule has 0 saturated heterocycles. The van der Waals surface area contributed by atoms with Crippen LogP contribution in [0.1, 0.15) is 271 Å². The number of allylic oxidation sites excluding steroid dienone is 28. The standard InChI is InChI=1S/C76H120O6/c1-4-7-10-13-16-19-22-25-28-30-32-34-36-38-40-42-44-46-48-51-54-57-60-63-66-69-75(78)81-72-73(71-80-74(77)68-65-62-59-56-53-50-27-24-21-18-15-12-9-6-3)82-76(79)70-67-64-61-58-55-52-49-47-45-43-41-39-37-35-33-31-29-26-23-20-17-14-11-8-5-2/h7-8,10-11,16-17,19-20,24-29,32-35,38-41,44-47,51,54,73H,4-6,9,12-15,18,21-23,30-31,36-37,42-43,48-50,52-53,55-72H2,1-3H3/b10-7-,11-8-,19-16-,20-17-,27-24-,28-25-,29-26-,34-32-,35-33-,40-38-,41-39-,46-44-,47-45-,54-51-. The minimum atomic E-state index is -0.815. The van der Waals surface area contributed by atoms with Crippen LogP contribution in [-0.4, -0.2) is 37.2 Å². The first-order chi connectivity index (χ1) is 40.5. The van der Waals surface area contributed by atoms with Crippen molar-refractivity contribution < 1.29 is 28.6 Å². The van der Waals surface area contributed by atoms with E-state index in [9.17, 15) is 14.4 Å². The maximum atomic E-state index is 12.9. The molecular formula is C76H120O6. The van der Waals surface area contributed by atoms with Crippen LogP contribution in [-0.2, 0) is 28.6 Å². The largest absolute Gasteiger partial charge is 0.462 e. The lowest BCUT2D eigenvalue weighted by Crippen LogP contribution is -2.30. The van der Waals surface area contributed by atoms with Gasteiger partial charge < -0.3 is 14.2 Å². The number of hydrogen-bond acceptors (Lipinski definition) is 6. The van der Waals surface area contributed by atoms with Gasteiger partial charge in [0.2, 0.25) is 0 Å². The molecule has 0 amide bonds. The van der Waals surface area contributed by atoms with Gasteiger partial charge in [0.1, 0.15) is 13.2 Å². The Labute approximate surface area is 504 Å². The summed E-state index contributed by atoms with van der Waals surface area (Å²) < 4.78 is 16.9. The van der Waals surface area contributed by atoms with Crippen molar-refractivity contribution in [3.8, 4) is 0 Å². The van der Waals surface area contributed by atoms with Crippen LogP contribution in [0.4, 0.5) is 0 Å². The summed E-state index contributed by atoms with van der Waals surface area (Å²) in [6.45, 7) is 6.35. The van der Waals surface area contributed by atoms with Crippen molar-refractivity contribution in [1.82, 2.24) is 0 Å². The highest BCUT2D eigenvalue weighted by atomic mass is 16.6. The third-order valence-corrected chi connectivity index (χ3v) is 13.4. The summed E-state index contributed by atoms with van der Waals surface area (Å²) in [5.74, 6) is -0.966. The Morgan fingerprint density at radius 3 is 0.768 bits per heavy atom. The predicted octanol–water partition coefficient (Wildman–Crippen LogP) is 23.0. The zero-order valence-electron chi connectivity index (χ0n) is 52.7. The van der Waals surface area contributed by atoms with Gasteiger partial charge in [-0.1, -0.05) is 268 Å². The number of carbonyl (C=O) groups excluding carboxylic acids is 3. The second-order valence-corrected chi connectivity index (χ2v) is 21.3. The van der Waals surface area contributed by atoms with Crippen LogP contribution in [0.25, 0.3) is 0 Å². The van der Waals surface area contributed by atoms with Crippen LogP contribution in [0, 0.1) is 0 Å². The van der Waals surface area contributed by atoms with E-state index < -0.39 is 6.10 Å². The maximum Gasteiger partial charge on any atom is 0.306 e. The molecule has 0 N–H and O–H groups in total. The average Bonchev–Trinajstić information content (AvgIpc) is 3.47. The monoisotopic (exact) mass is 1130 g/mol. The smallest absolute Gasteiger partial charge is 0.306 e. The molecule has 0 heterocycles. The van der Waals surface area contributed by atoms with Gasteiger partial charge in [0, 0.05) is 19.3 Å². The van der Waals surface area contributed by atoms with Gasteiger partial charge >= 0.3 is 17.9 Å². The number of rotatable bonds is 58. The van der Waals surface area contributed by atoms with Crippen LogP contribution in [0.2, 0.25) is 0 Å². The van der Waals surface area contributed by atoms with E-state index in [1.54, 1.807) is 0 Å². The fourth-order valence-electron chi connectivity index (χ4n) is 8.54. The Morgan fingerprint density at radius 2 is 0.476 bits per heavy atom. The topological polar surface area (TPSA) is 78.9 Å². The van der Waals surface area contributed by atoms with Crippen molar-refractivity contribution in [2.45, 2.75) is 277 Å². The van der Waals surface area contributed by atoms with Crippen molar-refractivity contribution in [1.29, 1.82) is 0 Å². The first-order valence-electron chi connectivity index (χ1n) is 33.1. The normalized spacial score (nSPS) is 13.3. The summed E-state index contributed by atoms with van der Waals surface area (Å²) in [5.41, 5.74) is 0. The minimum absolute atomic E-state index is 0.107. The molecule has 0 radical (unpaired) electrons. The van der Waals surface area contributed by atoms with Crippen LogP contribution in [0.5, 0.6) is 0 Å². The average molecular weight is 1130 g/mol. The molecule has 0 aromatic heterocycles. The molecule has 6 heteroatoms. The van der Waals surface area contributed by atoms with Crippen LogP contribution >= 0.6 is 0 Å². The van der Waals surface area contributed by atoms with Gasteiger partial charge in [-0.2, -0.15) is 0 Å². The molecule has 0 aliphatic heterocycles. The Hall–Kier alpha value is -5.23. The predicted molar refractivity (Wildman–Crippen MR) is 357 cm³/mol. The summed E-state index contributed by atoms with van der Waals surface area (Å²) in [6, 6.07) is 0. The van der Waals surface area contributed by atoms with Gasteiger partial charge in [0.05, 0.1) is 0 Å². The van der Waals surface area contributed by atoms with E-state index in [-0.39, 0.29) is 31.1 Å². The van der Waals surface area contributed by atoms with Gasteiger partial charge in [-0.25, -0.2) is 0 Å². The zero-order chi connectivity index (χ0) is 59.2. The molecule has 1 atom stereocenters. The molecule has 0 aromatic carbocycles. The fraction of sp³-hybridized carbons (Fsp3) is 0.592. The number of hydrogen-bond donors (Lipinski definition) is 0. The highest BCUT2D eigenvalue weighted by Crippen LogP contribution is 2.14. The molecule has 460 valence electrons. The lowest BCUT2D eigenvalue weighted by molar-refractivity contribution is -0.167. The second kappa shape index (κ2) is 68.3. The summed E-state index contributed by atoms with van der Waals surface area (Å²) >= 11 is 0. The van der Waals surface area contributed by atoms with Crippen LogP contribution in [0.15, 0.2) is 170 Å². The Morgan fingerprint density at radius 1 is 0.256 bits per heavy atom. The van der Waals surface area contributed by atoms with Gasteiger partial charge in [-0.05, 0) is 154 Å². The van der Waals surface area contributed by atoms with Crippen molar-refractivity contribution in [3.05, 3.63) is 170 Å². The summed E-state index contributed by atoms with van der Waals surface area (Å²) in [7, 11) is 0. The Bertz CT molecular complexity index is 1870. The molecule has 82 heavy (non-hydrogen) atoms. The molecule has 0 rings (SSSR count). The van der Waals surface area contributed by atoms with E-state index in [4.69, 9.17) is 14.2 Å². The van der Waals surface area contributed by atoms with Gasteiger partial charge in [-0.3, -0.25) is 14.4 Å². The maximum absolute atomic E-state index is 12.9. The number of unbranched alkanes of at least 4 members (excludes halogenated alkanes) is 19. The van der Waals surface area contributed by atoms with Crippen molar-refractivity contribution >= 4 is 17.9 Å². The fourth-order valence-corrected chi connectivity index (χ4v) is 8.54. The number of carbonyl (C=O) groups is 3. The zero-order valence-corrected chi connectivity index (χ0v) is 52.7. The molecule has 0 aliphatic rings. The van der Waals surface area contributed by atoms with Crippen LogP contribution in [0.3, 0.4) is 0 Å². The Kier molecular flexibility index (Phi) is 63.9. The van der Waals surface area contributed by atoms with E-state index in [0.717, 1.165) is 173 Å². The molecule has 1 unspecified atom stereocenters. The van der Waals surface area contributed by atoms with Gasteiger partial charge in [0.15, 0.2) is 6.10 Å². The first-order valence-corrected chi connectivity index (χ1v) is 33.1. The number of esters is 3. The van der Waals surface area contributed by atoms with E-state index in [2.05, 4.69) is 191 Å². The molecule has 0 aliphatic carbocycles. The van der Waals surface area contributed by atoms with Crippen molar-refractivity contribution in [2.24, 2.45) is 0 Å². The lowest BCUT2D eigenvalue weighted by atomic mass is 10.1. The van der Waals surface area contributed by atoms with E-state index in [0.29, 0.717) is 19.3 Å². The third kappa shape index (κ3) is 65.6. The molecule has 0 fully saturated rings. The highest BCUT2D eigenvalue weighted by Gasteiger charge is 2.19. The SMILES string of the molecule is CC/C=C\C/C=C\C/C=C\C/C=C\C/C=C\C/C=C\C/C=C\CCCCCC(=O)OCC(COC(=O)CCCCCCC/C=C\CCCCCCC)OC(=O)CCCCCCCC/C=C\C/C=C\C/C=C\C/C=C\C/C=C\C/C=C\CC. The van der Waals surface area contributed by atoms with E-state index in [1.807, 2.05) is 0 Å². The Balaban J connectivity index is 4.50. The molecular weight excluding hydrogens is 1010 g/mol. The molecule has 0 saturated carbocycles. The third-order valence-electron chi connectivity index (χ3n) is 13.4. The van der Waals surface area contributed by atoms with E-state index >= 15 is 0 Å². The summed E-state index contributed by atoms with van der Waals surface area (Å²) in [4.78, 5) is 38.4. The van der Waals surface area contributed by atoms with Crippen molar-refractivity contribution in [3.63, 3.8) is 0 Å². The molecule has 0 bridgehead atoms. The lowest BCUT2D eigenvalue weighted by Gasteiger charge is -2.18. The summed E-state index contributed by atoms with van der Waals surface area (Å²) in [6.07, 6.45) is 101. The quantitative estimate of drug-likeness (QED) is 0.0261. The summed E-state index contributed by atoms with van der Waals surface area (Å²) in [5, 5.41) is 0. The second-order valence-electron chi connectivity index (χ2n) is 21.3. The van der Waals surface area contributed by atoms with Gasteiger partial charge in [-0.15, -0.1) is 0 Å².